The van der Waals surface area contributed by atoms with Gasteiger partial charge in [-0.2, -0.15) is 4.31 Å². The molecule has 2 aromatic rings. The SMILES string of the molecule is CC[C@H](C)N(C(=O)OC(C)(C)C)c1ccc([C@@H]2CCCN2S(=O)(=O)c2ccc(C)cc2)cn1. The summed E-state index contributed by atoms with van der Waals surface area (Å²) in [6.07, 6.45) is 3.50. The minimum absolute atomic E-state index is 0.0944. The predicted octanol–water partition coefficient (Wildman–Crippen LogP) is 5.46. The third-order valence-electron chi connectivity index (χ3n) is 5.86. The van der Waals surface area contributed by atoms with Gasteiger partial charge in [0.25, 0.3) is 0 Å². The Morgan fingerprint density at radius 3 is 2.42 bits per heavy atom. The highest BCUT2D eigenvalue weighted by Crippen LogP contribution is 2.37. The molecule has 0 bridgehead atoms. The van der Waals surface area contributed by atoms with Crippen molar-refractivity contribution in [2.24, 2.45) is 0 Å². The molecule has 7 nitrogen and oxygen atoms in total. The first kappa shape index (κ1) is 25.2. The van der Waals surface area contributed by atoms with Gasteiger partial charge in [0, 0.05) is 18.8 Å². The number of carbonyl (C=O) groups excluding carboxylic acids is 1. The van der Waals surface area contributed by atoms with E-state index in [1.807, 2.05) is 59.7 Å². The molecule has 3 rings (SSSR count). The van der Waals surface area contributed by atoms with Crippen LogP contribution in [0.4, 0.5) is 10.6 Å². The summed E-state index contributed by atoms with van der Waals surface area (Å²) in [4.78, 5) is 19.3. The van der Waals surface area contributed by atoms with Crippen LogP contribution < -0.4 is 4.90 Å². The largest absolute Gasteiger partial charge is 0.443 e. The van der Waals surface area contributed by atoms with Gasteiger partial charge in [-0.05, 0) is 77.6 Å². The van der Waals surface area contributed by atoms with Gasteiger partial charge in [0.2, 0.25) is 10.0 Å². The van der Waals surface area contributed by atoms with Crippen molar-refractivity contribution in [3.8, 4) is 0 Å². The van der Waals surface area contributed by atoms with E-state index in [1.54, 1.807) is 33.6 Å². The van der Waals surface area contributed by atoms with E-state index in [-0.39, 0.29) is 12.1 Å². The molecule has 0 aliphatic carbocycles. The maximum Gasteiger partial charge on any atom is 0.416 e. The van der Waals surface area contributed by atoms with Crippen LogP contribution in [0.3, 0.4) is 0 Å². The van der Waals surface area contributed by atoms with Gasteiger partial charge in [-0.15, -0.1) is 0 Å². The van der Waals surface area contributed by atoms with Crippen LogP contribution in [0.5, 0.6) is 0 Å². The summed E-state index contributed by atoms with van der Waals surface area (Å²) in [5, 5.41) is 0. The van der Waals surface area contributed by atoms with Crippen LogP contribution in [0.25, 0.3) is 0 Å². The second-order valence-electron chi connectivity index (χ2n) is 9.64. The number of nitrogens with zero attached hydrogens (tertiary/aromatic N) is 3. The molecule has 0 saturated carbocycles. The Bertz CT molecular complexity index is 1060. The third-order valence-corrected chi connectivity index (χ3v) is 7.78. The Kier molecular flexibility index (Phi) is 7.49. The van der Waals surface area contributed by atoms with Crippen LogP contribution >= 0.6 is 0 Å². The van der Waals surface area contributed by atoms with Crippen molar-refractivity contribution >= 4 is 21.9 Å². The Hall–Kier alpha value is -2.45. The monoisotopic (exact) mass is 473 g/mol. The number of pyridine rings is 1. The minimum Gasteiger partial charge on any atom is -0.443 e. The number of amides is 1. The third kappa shape index (κ3) is 5.73. The summed E-state index contributed by atoms with van der Waals surface area (Å²) >= 11 is 0. The molecular formula is C25H35N3O4S. The first-order chi connectivity index (χ1) is 15.4. The molecule has 2 heterocycles. The van der Waals surface area contributed by atoms with E-state index in [1.165, 1.54) is 0 Å². The minimum atomic E-state index is -3.61. The number of rotatable bonds is 6. The van der Waals surface area contributed by atoms with Gasteiger partial charge in [-0.25, -0.2) is 18.2 Å². The van der Waals surface area contributed by atoms with Gasteiger partial charge in [0.1, 0.15) is 11.4 Å². The Morgan fingerprint density at radius 1 is 1.21 bits per heavy atom. The van der Waals surface area contributed by atoms with Gasteiger partial charge in [0.15, 0.2) is 0 Å². The summed E-state index contributed by atoms with van der Waals surface area (Å²) < 4.78 is 33.7. The first-order valence-corrected chi connectivity index (χ1v) is 12.9. The maximum absolute atomic E-state index is 13.3. The predicted molar refractivity (Wildman–Crippen MR) is 130 cm³/mol. The fourth-order valence-electron chi connectivity index (χ4n) is 3.94. The van der Waals surface area contributed by atoms with Crippen molar-refractivity contribution in [1.29, 1.82) is 0 Å². The molecule has 0 spiro atoms. The molecule has 2 atom stereocenters. The van der Waals surface area contributed by atoms with Crippen molar-refractivity contribution in [3.63, 3.8) is 0 Å². The number of sulfonamides is 1. The highest BCUT2D eigenvalue weighted by atomic mass is 32.2. The lowest BCUT2D eigenvalue weighted by Gasteiger charge is -2.31. The number of anilines is 1. The van der Waals surface area contributed by atoms with E-state index in [2.05, 4.69) is 4.98 Å². The summed E-state index contributed by atoms with van der Waals surface area (Å²) in [5.41, 5.74) is 1.22. The Morgan fingerprint density at radius 2 is 1.88 bits per heavy atom. The number of aryl methyl sites for hydroxylation is 1. The van der Waals surface area contributed by atoms with Gasteiger partial charge in [0.05, 0.1) is 10.9 Å². The van der Waals surface area contributed by atoms with Crippen LogP contribution in [-0.4, -0.2) is 42.0 Å². The number of hydrogen-bond acceptors (Lipinski definition) is 5. The average molecular weight is 474 g/mol. The van der Waals surface area contributed by atoms with Crippen molar-refractivity contribution in [3.05, 3.63) is 53.7 Å². The molecule has 1 fully saturated rings. The zero-order valence-electron chi connectivity index (χ0n) is 20.4. The lowest BCUT2D eigenvalue weighted by molar-refractivity contribution is 0.0566. The lowest BCUT2D eigenvalue weighted by atomic mass is 10.1. The number of carbonyl (C=O) groups is 1. The normalized spacial score (nSPS) is 18.2. The fourth-order valence-corrected chi connectivity index (χ4v) is 5.62. The summed E-state index contributed by atoms with van der Waals surface area (Å²) in [7, 11) is -3.61. The van der Waals surface area contributed by atoms with Gasteiger partial charge in [-0.3, -0.25) is 4.90 Å². The van der Waals surface area contributed by atoms with Crippen LogP contribution in [0, 0.1) is 6.92 Å². The quantitative estimate of drug-likeness (QED) is 0.557. The van der Waals surface area contributed by atoms with E-state index in [9.17, 15) is 13.2 Å². The average Bonchev–Trinajstić information content (AvgIpc) is 3.24. The van der Waals surface area contributed by atoms with E-state index < -0.39 is 21.7 Å². The molecule has 8 heteroatoms. The van der Waals surface area contributed by atoms with Crippen LogP contribution in [0.15, 0.2) is 47.5 Å². The summed E-state index contributed by atoms with van der Waals surface area (Å²) in [6.45, 7) is 11.9. The molecule has 1 aromatic heterocycles. The number of benzene rings is 1. The molecule has 0 N–H and O–H groups in total. The molecule has 180 valence electrons. The topological polar surface area (TPSA) is 79.8 Å². The van der Waals surface area contributed by atoms with E-state index >= 15 is 0 Å². The molecule has 1 aliphatic rings. The second kappa shape index (κ2) is 9.81. The van der Waals surface area contributed by atoms with E-state index in [4.69, 9.17) is 4.74 Å². The molecule has 1 aliphatic heterocycles. The van der Waals surface area contributed by atoms with Gasteiger partial charge >= 0.3 is 6.09 Å². The zero-order chi connectivity index (χ0) is 24.4. The molecule has 0 radical (unpaired) electrons. The van der Waals surface area contributed by atoms with Crippen molar-refractivity contribution in [2.45, 2.75) is 83.4 Å². The van der Waals surface area contributed by atoms with Crippen molar-refractivity contribution in [1.82, 2.24) is 9.29 Å². The van der Waals surface area contributed by atoms with Crippen molar-refractivity contribution in [2.75, 3.05) is 11.4 Å². The standard InChI is InChI=1S/C25H35N3O4S/c1-7-19(3)28(24(29)32-25(4,5)6)23-15-12-20(17-26-23)22-9-8-16-27(22)33(30,31)21-13-10-18(2)11-14-21/h10-15,17,19,22H,7-9,16H2,1-6H3/t19-,22-/m0/s1. The summed E-state index contributed by atoms with van der Waals surface area (Å²) in [6, 6.07) is 10.2. The van der Waals surface area contributed by atoms with Crippen LogP contribution in [-0.2, 0) is 14.8 Å². The zero-order valence-corrected chi connectivity index (χ0v) is 21.2. The van der Waals surface area contributed by atoms with E-state index in [0.717, 1.165) is 30.4 Å². The highest BCUT2D eigenvalue weighted by molar-refractivity contribution is 7.89. The molecule has 1 amide bonds. The van der Waals surface area contributed by atoms with Gasteiger partial charge < -0.3 is 4.74 Å². The lowest BCUT2D eigenvalue weighted by Crippen LogP contribution is -2.42. The molecule has 0 unspecified atom stereocenters. The molecular weight excluding hydrogens is 438 g/mol. The maximum atomic E-state index is 13.3. The number of aromatic nitrogens is 1. The van der Waals surface area contributed by atoms with Crippen LogP contribution in [0.2, 0.25) is 0 Å². The second-order valence-corrected chi connectivity index (χ2v) is 11.5. The first-order valence-electron chi connectivity index (χ1n) is 11.5. The Labute approximate surface area is 197 Å². The highest BCUT2D eigenvalue weighted by Gasteiger charge is 2.36. The van der Waals surface area contributed by atoms with E-state index in [0.29, 0.717) is 17.3 Å². The fraction of sp³-hybridized carbons (Fsp3) is 0.520. The molecule has 1 saturated heterocycles. The molecule has 1 aromatic carbocycles. The molecule has 33 heavy (non-hydrogen) atoms. The van der Waals surface area contributed by atoms with Crippen molar-refractivity contribution < 1.29 is 17.9 Å². The smallest absolute Gasteiger partial charge is 0.416 e. The number of hydrogen-bond donors (Lipinski definition) is 0. The number of ether oxygens (including phenoxy) is 1. The Balaban J connectivity index is 1.87. The van der Waals surface area contributed by atoms with Crippen LogP contribution in [0.1, 0.15) is 71.0 Å². The summed E-state index contributed by atoms with van der Waals surface area (Å²) in [5.74, 6) is 0.494. The van der Waals surface area contributed by atoms with Gasteiger partial charge in [-0.1, -0.05) is 30.7 Å².